The van der Waals surface area contributed by atoms with Gasteiger partial charge in [-0.25, -0.2) is 14.6 Å². The average molecular weight is 545 g/mol. The zero-order valence-electron chi connectivity index (χ0n) is 23.4. The molecule has 2 amide bonds. The van der Waals surface area contributed by atoms with Crippen molar-refractivity contribution in [2.75, 3.05) is 19.0 Å². The SMILES string of the molecule is C=CCC(NC(=O)OC(C)(C)C)c1nc(-c2ccc(NC(=O)OC)cc2C=O)cn1COCC[Si](C)(C)C. The van der Waals surface area contributed by atoms with Gasteiger partial charge in [-0.1, -0.05) is 25.7 Å². The second-order valence-corrected chi connectivity index (χ2v) is 16.7. The third kappa shape index (κ3) is 9.79. The number of alkyl carbamates (subject to hydrolysis) is 1. The van der Waals surface area contributed by atoms with E-state index in [1.165, 1.54) is 7.11 Å². The molecule has 2 aromatic rings. The number of nitrogens with one attached hydrogen (secondary N) is 2. The number of amides is 2. The number of aromatic nitrogens is 2. The van der Waals surface area contributed by atoms with Crippen LogP contribution in [0.4, 0.5) is 15.3 Å². The molecule has 2 N–H and O–H groups in total. The predicted octanol–water partition coefficient (Wildman–Crippen LogP) is 6.00. The quantitative estimate of drug-likeness (QED) is 0.146. The van der Waals surface area contributed by atoms with E-state index in [0.717, 1.165) is 6.04 Å². The maximum atomic E-state index is 12.6. The third-order valence-electron chi connectivity index (χ3n) is 5.33. The van der Waals surface area contributed by atoms with Gasteiger partial charge in [-0.3, -0.25) is 10.1 Å². The number of anilines is 1. The molecule has 0 radical (unpaired) electrons. The van der Waals surface area contributed by atoms with Crippen LogP contribution in [-0.2, 0) is 20.9 Å². The summed E-state index contributed by atoms with van der Waals surface area (Å²) in [7, 11) is -0.0233. The summed E-state index contributed by atoms with van der Waals surface area (Å²) in [6.07, 6.45) is 3.35. The van der Waals surface area contributed by atoms with Crippen molar-refractivity contribution in [2.45, 2.75) is 71.3 Å². The first-order valence-corrected chi connectivity index (χ1v) is 16.2. The van der Waals surface area contributed by atoms with Crippen LogP contribution in [0.15, 0.2) is 37.1 Å². The number of ether oxygens (including phenoxy) is 3. The summed E-state index contributed by atoms with van der Waals surface area (Å²) in [6, 6.07) is 5.35. The van der Waals surface area contributed by atoms with Gasteiger partial charge in [-0.2, -0.15) is 0 Å². The molecule has 1 heterocycles. The largest absolute Gasteiger partial charge is 0.453 e. The monoisotopic (exact) mass is 544 g/mol. The molecular formula is C27H40N4O6Si. The van der Waals surface area contributed by atoms with E-state index >= 15 is 0 Å². The number of hydrogen-bond acceptors (Lipinski definition) is 7. The first-order chi connectivity index (χ1) is 17.8. The van der Waals surface area contributed by atoms with Crippen LogP contribution in [0, 0.1) is 0 Å². The Kier molecular flexibility index (Phi) is 10.8. The van der Waals surface area contributed by atoms with Crippen molar-refractivity contribution in [2.24, 2.45) is 0 Å². The fourth-order valence-electron chi connectivity index (χ4n) is 3.47. The summed E-state index contributed by atoms with van der Waals surface area (Å²) >= 11 is 0. The van der Waals surface area contributed by atoms with E-state index in [1.807, 2.05) is 4.57 Å². The lowest BCUT2D eigenvalue weighted by atomic mass is 10.1. The van der Waals surface area contributed by atoms with E-state index in [1.54, 1.807) is 51.2 Å². The Morgan fingerprint density at radius 1 is 1.21 bits per heavy atom. The molecule has 0 saturated heterocycles. The first-order valence-electron chi connectivity index (χ1n) is 12.5. The normalized spacial score (nSPS) is 12.4. The maximum Gasteiger partial charge on any atom is 0.411 e. The number of nitrogens with zero attached hydrogens (tertiary/aromatic N) is 2. The van der Waals surface area contributed by atoms with Crippen LogP contribution in [0.25, 0.3) is 11.3 Å². The van der Waals surface area contributed by atoms with Crippen LogP contribution in [0.5, 0.6) is 0 Å². The molecule has 0 spiro atoms. The van der Waals surface area contributed by atoms with Gasteiger partial charge < -0.3 is 24.1 Å². The molecule has 2 rings (SSSR count). The molecule has 1 atom stereocenters. The summed E-state index contributed by atoms with van der Waals surface area (Å²) in [6.45, 7) is 16.9. The van der Waals surface area contributed by atoms with Crippen molar-refractivity contribution in [3.05, 3.63) is 48.4 Å². The predicted molar refractivity (Wildman–Crippen MR) is 150 cm³/mol. The minimum atomic E-state index is -1.28. The van der Waals surface area contributed by atoms with Crippen molar-refractivity contribution in [3.63, 3.8) is 0 Å². The van der Waals surface area contributed by atoms with Gasteiger partial charge in [-0.05, 0) is 51.4 Å². The molecule has 208 valence electrons. The summed E-state index contributed by atoms with van der Waals surface area (Å²) in [5.74, 6) is 0.535. The van der Waals surface area contributed by atoms with Gasteiger partial charge in [0, 0.05) is 37.7 Å². The fraction of sp³-hybridized carbons (Fsp3) is 0.481. The molecule has 0 aliphatic carbocycles. The minimum Gasteiger partial charge on any atom is -0.453 e. The van der Waals surface area contributed by atoms with Crippen molar-refractivity contribution in [1.82, 2.24) is 14.9 Å². The Morgan fingerprint density at radius 3 is 2.50 bits per heavy atom. The number of aldehydes is 1. The molecular weight excluding hydrogens is 504 g/mol. The van der Waals surface area contributed by atoms with Crippen molar-refractivity contribution >= 4 is 32.2 Å². The van der Waals surface area contributed by atoms with E-state index in [9.17, 15) is 14.4 Å². The highest BCUT2D eigenvalue weighted by Gasteiger charge is 2.25. The molecule has 0 fully saturated rings. The maximum absolute atomic E-state index is 12.6. The molecule has 1 unspecified atom stereocenters. The molecule has 0 aliphatic rings. The molecule has 11 heteroatoms. The molecule has 38 heavy (non-hydrogen) atoms. The van der Waals surface area contributed by atoms with Gasteiger partial charge in [0.15, 0.2) is 6.29 Å². The van der Waals surface area contributed by atoms with Crippen LogP contribution in [0.3, 0.4) is 0 Å². The zero-order valence-corrected chi connectivity index (χ0v) is 24.4. The lowest BCUT2D eigenvalue weighted by Gasteiger charge is -2.23. The molecule has 10 nitrogen and oxygen atoms in total. The molecule has 0 bridgehead atoms. The molecule has 0 saturated carbocycles. The lowest BCUT2D eigenvalue weighted by molar-refractivity contribution is 0.0492. The Hall–Kier alpha value is -3.44. The molecule has 1 aromatic heterocycles. The minimum absolute atomic E-state index is 0.217. The van der Waals surface area contributed by atoms with Gasteiger partial charge in [0.05, 0.1) is 18.8 Å². The number of carbonyl (C=O) groups excluding carboxylic acids is 3. The van der Waals surface area contributed by atoms with Gasteiger partial charge >= 0.3 is 12.2 Å². The Balaban J connectivity index is 2.46. The molecule has 0 aliphatic heterocycles. The second kappa shape index (κ2) is 13.4. The highest BCUT2D eigenvalue weighted by Crippen LogP contribution is 2.28. The number of methoxy groups -OCH3 is 1. The fourth-order valence-corrected chi connectivity index (χ4v) is 4.22. The smallest absolute Gasteiger partial charge is 0.411 e. The van der Waals surface area contributed by atoms with Gasteiger partial charge in [-0.15, -0.1) is 6.58 Å². The summed E-state index contributed by atoms with van der Waals surface area (Å²) in [5.41, 5.74) is 1.15. The Morgan fingerprint density at radius 2 is 1.92 bits per heavy atom. The van der Waals surface area contributed by atoms with Crippen LogP contribution >= 0.6 is 0 Å². The standard InChI is InChI=1S/C27H40N4O6Si/c1-9-10-22(30-26(34)37-27(2,3)4)24-29-23(16-31(24)18-36-13-14-38(6,7)8)21-12-11-20(15-19(21)17-32)28-25(33)35-5/h9,11-12,15-17,22H,1,10,13-14,18H2,2-8H3,(H,28,33)(H,30,34). The topological polar surface area (TPSA) is 121 Å². The number of carbonyl (C=O) groups is 3. The lowest BCUT2D eigenvalue weighted by Crippen LogP contribution is -2.36. The van der Waals surface area contributed by atoms with E-state index in [0.29, 0.717) is 47.6 Å². The van der Waals surface area contributed by atoms with Gasteiger partial charge in [0.25, 0.3) is 0 Å². The number of hydrogen-bond donors (Lipinski definition) is 2. The third-order valence-corrected chi connectivity index (χ3v) is 7.03. The summed E-state index contributed by atoms with van der Waals surface area (Å²) in [5, 5.41) is 5.43. The van der Waals surface area contributed by atoms with Crippen LogP contribution in [-0.4, -0.2) is 55.4 Å². The van der Waals surface area contributed by atoms with E-state index in [4.69, 9.17) is 14.5 Å². The van der Waals surface area contributed by atoms with Crippen molar-refractivity contribution < 1.29 is 28.6 Å². The van der Waals surface area contributed by atoms with Crippen molar-refractivity contribution in [3.8, 4) is 11.3 Å². The Labute approximate surface area is 225 Å². The van der Waals surface area contributed by atoms with Gasteiger partial charge in [0.2, 0.25) is 0 Å². The average Bonchev–Trinajstić information content (AvgIpc) is 3.23. The van der Waals surface area contributed by atoms with Crippen LogP contribution in [0.2, 0.25) is 25.7 Å². The highest BCUT2D eigenvalue weighted by atomic mass is 28.3. The first kappa shape index (κ1) is 30.8. The molecule has 1 aromatic carbocycles. The van der Waals surface area contributed by atoms with E-state index < -0.39 is 31.9 Å². The Bertz CT molecular complexity index is 1130. The van der Waals surface area contributed by atoms with Gasteiger partial charge in [0.1, 0.15) is 18.2 Å². The van der Waals surface area contributed by atoms with Crippen molar-refractivity contribution in [1.29, 1.82) is 0 Å². The summed E-state index contributed by atoms with van der Waals surface area (Å²) in [4.78, 5) is 40.9. The number of rotatable bonds is 12. The van der Waals surface area contributed by atoms with Crippen LogP contribution < -0.4 is 10.6 Å². The second-order valence-electron chi connectivity index (χ2n) is 11.1. The summed E-state index contributed by atoms with van der Waals surface area (Å²) < 4.78 is 17.9. The van der Waals surface area contributed by atoms with E-state index in [2.05, 4.69) is 41.6 Å². The number of benzene rings is 1. The van der Waals surface area contributed by atoms with Crippen LogP contribution in [0.1, 0.15) is 49.4 Å². The zero-order chi connectivity index (χ0) is 28.5. The number of imidazole rings is 1. The highest BCUT2D eigenvalue weighted by molar-refractivity contribution is 6.76. The van der Waals surface area contributed by atoms with E-state index in [-0.39, 0.29) is 6.73 Å².